The monoisotopic (exact) mass is 260 g/mol. The number of aromatic nitrogens is 3. The summed E-state index contributed by atoms with van der Waals surface area (Å²) >= 11 is 0. The summed E-state index contributed by atoms with van der Waals surface area (Å²) in [5.74, 6) is 1.47. The van der Waals surface area contributed by atoms with E-state index in [2.05, 4.69) is 19.9 Å². The molecule has 0 saturated carbocycles. The van der Waals surface area contributed by atoms with Crippen molar-refractivity contribution >= 4 is 16.7 Å². The van der Waals surface area contributed by atoms with Crippen LogP contribution in [0.15, 0.2) is 18.7 Å². The second-order valence-electron chi connectivity index (χ2n) is 4.68. The van der Waals surface area contributed by atoms with Gasteiger partial charge in [-0.2, -0.15) is 0 Å². The Hall–Kier alpha value is -1.95. The smallest absolute Gasteiger partial charge is 0.150 e. The standard InChI is InChI=1S/C13H16N4O2/c1-19-11-6-14-5-10-12(11)13(16-8-15-10)17-4-2-3-9(18)7-17/h5-6,8-9,18H,2-4,7H2,1H3/t9-/m0/s1. The summed E-state index contributed by atoms with van der Waals surface area (Å²) in [5, 5.41) is 10.7. The molecule has 3 heterocycles. The van der Waals surface area contributed by atoms with E-state index in [1.54, 1.807) is 19.5 Å². The number of fused-ring (bicyclic) bond motifs is 1. The maximum absolute atomic E-state index is 9.81. The summed E-state index contributed by atoms with van der Waals surface area (Å²) in [6, 6.07) is 0. The highest BCUT2D eigenvalue weighted by Crippen LogP contribution is 2.31. The Morgan fingerprint density at radius 3 is 3.05 bits per heavy atom. The number of aliphatic hydroxyl groups excluding tert-OH is 1. The maximum atomic E-state index is 9.81. The fraction of sp³-hybridized carbons (Fsp3) is 0.462. The summed E-state index contributed by atoms with van der Waals surface area (Å²) in [5.41, 5.74) is 0.754. The molecule has 2 aromatic heterocycles. The van der Waals surface area contributed by atoms with Gasteiger partial charge in [0.05, 0.1) is 36.5 Å². The Balaban J connectivity index is 2.12. The zero-order valence-corrected chi connectivity index (χ0v) is 10.8. The van der Waals surface area contributed by atoms with Gasteiger partial charge in [-0.25, -0.2) is 9.97 Å². The topological polar surface area (TPSA) is 71.4 Å². The zero-order valence-electron chi connectivity index (χ0n) is 10.8. The van der Waals surface area contributed by atoms with E-state index in [1.807, 2.05) is 0 Å². The number of anilines is 1. The van der Waals surface area contributed by atoms with Crippen LogP contribution in [-0.4, -0.2) is 46.4 Å². The molecule has 0 spiro atoms. The van der Waals surface area contributed by atoms with Crippen molar-refractivity contribution in [2.24, 2.45) is 0 Å². The van der Waals surface area contributed by atoms with Crippen LogP contribution in [0.1, 0.15) is 12.8 Å². The van der Waals surface area contributed by atoms with E-state index in [1.165, 1.54) is 6.33 Å². The van der Waals surface area contributed by atoms with Crippen LogP contribution in [0.5, 0.6) is 5.75 Å². The molecule has 2 aromatic rings. The van der Waals surface area contributed by atoms with Crippen LogP contribution in [-0.2, 0) is 0 Å². The summed E-state index contributed by atoms with van der Waals surface area (Å²) in [7, 11) is 1.61. The predicted molar refractivity (Wildman–Crippen MR) is 71.3 cm³/mol. The molecule has 1 atom stereocenters. The largest absolute Gasteiger partial charge is 0.494 e. The molecule has 1 aliphatic rings. The molecule has 6 heteroatoms. The summed E-state index contributed by atoms with van der Waals surface area (Å²) in [6.45, 7) is 1.48. The quantitative estimate of drug-likeness (QED) is 0.868. The van der Waals surface area contributed by atoms with Crippen LogP contribution in [0.25, 0.3) is 10.9 Å². The summed E-state index contributed by atoms with van der Waals surface area (Å²) in [6.07, 6.45) is 6.39. The number of methoxy groups -OCH3 is 1. The lowest BCUT2D eigenvalue weighted by molar-refractivity contribution is 0.154. The third kappa shape index (κ3) is 2.19. The molecule has 3 rings (SSSR count). The van der Waals surface area contributed by atoms with Crippen molar-refractivity contribution in [2.45, 2.75) is 18.9 Å². The third-order valence-corrected chi connectivity index (χ3v) is 3.41. The molecule has 0 bridgehead atoms. The zero-order chi connectivity index (χ0) is 13.2. The molecular weight excluding hydrogens is 244 g/mol. The van der Waals surface area contributed by atoms with Gasteiger partial charge in [0.2, 0.25) is 0 Å². The van der Waals surface area contributed by atoms with Crippen LogP contribution in [0.4, 0.5) is 5.82 Å². The normalized spacial score (nSPS) is 19.7. The van der Waals surface area contributed by atoms with Gasteiger partial charge in [-0.05, 0) is 12.8 Å². The van der Waals surface area contributed by atoms with Gasteiger partial charge >= 0.3 is 0 Å². The van der Waals surface area contributed by atoms with E-state index in [9.17, 15) is 5.11 Å². The summed E-state index contributed by atoms with van der Waals surface area (Å²) in [4.78, 5) is 14.8. The average Bonchev–Trinajstić information content (AvgIpc) is 2.46. The predicted octanol–water partition coefficient (Wildman–Crippen LogP) is 0.994. The number of hydrogen-bond acceptors (Lipinski definition) is 6. The first-order valence-corrected chi connectivity index (χ1v) is 6.35. The Kier molecular flexibility index (Phi) is 3.16. The first kappa shape index (κ1) is 12.1. The molecule has 0 amide bonds. The van der Waals surface area contributed by atoms with Gasteiger partial charge in [0, 0.05) is 13.1 Å². The SMILES string of the molecule is COc1cncc2ncnc(N3CCC[C@H](O)C3)c12. The lowest BCUT2D eigenvalue weighted by atomic mass is 10.1. The van der Waals surface area contributed by atoms with Crippen molar-refractivity contribution < 1.29 is 9.84 Å². The number of β-amino-alcohol motifs (C(OH)–C–C–N with tert-alkyl or cyclic N) is 1. The van der Waals surface area contributed by atoms with Gasteiger partial charge < -0.3 is 14.7 Å². The molecule has 0 radical (unpaired) electrons. The van der Waals surface area contributed by atoms with Crippen LogP contribution >= 0.6 is 0 Å². The molecule has 0 aliphatic carbocycles. The van der Waals surface area contributed by atoms with Gasteiger partial charge in [-0.3, -0.25) is 4.98 Å². The molecular formula is C13H16N4O2. The third-order valence-electron chi connectivity index (χ3n) is 3.41. The number of nitrogens with zero attached hydrogens (tertiary/aromatic N) is 4. The van der Waals surface area contributed by atoms with Crippen molar-refractivity contribution in [2.75, 3.05) is 25.1 Å². The summed E-state index contributed by atoms with van der Waals surface area (Å²) < 4.78 is 5.35. The Bertz CT molecular complexity index is 585. The van der Waals surface area contributed by atoms with Crippen LogP contribution < -0.4 is 9.64 Å². The van der Waals surface area contributed by atoms with Crippen LogP contribution in [0.2, 0.25) is 0 Å². The maximum Gasteiger partial charge on any atom is 0.150 e. The lowest BCUT2D eigenvalue weighted by Crippen LogP contribution is -2.38. The number of pyridine rings is 1. The first-order chi connectivity index (χ1) is 9.29. The van der Waals surface area contributed by atoms with Crippen molar-refractivity contribution in [3.63, 3.8) is 0 Å². The van der Waals surface area contributed by atoms with Gasteiger partial charge in [0.25, 0.3) is 0 Å². The van der Waals surface area contributed by atoms with Gasteiger partial charge in [0.15, 0.2) is 0 Å². The van der Waals surface area contributed by atoms with E-state index in [-0.39, 0.29) is 6.10 Å². The highest BCUT2D eigenvalue weighted by atomic mass is 16.5. The van der Waals surface area contributed by atoms with E-state index in [0.717, 1.165) is 36.1 Å². The highest BCUT2D eigenvalue weighted by molar-refractivity contribution is 5.94. The molecule has 19 heavy (non-hydrogen) atoms. The fourth-order valence-electron chi connectivity index (χ4n) is 2.51. The van der Waals surface area contributed by atoms with E-state index >= 15 is 0 Å². The van der Waals surface area contributed by atoms with Crippen molar-refractivity contribution in [3.8, 4) is 5.75 Å². The molecule has 6 nitrogen and oxygen atoms in total. The minimum atomic E-state index is -0.299. The number of hydrogen-bond donors (Lipinski definition) is 1. The number of ether oxygens (including phenoxy) is 1. The first-order valence-electron chi connectivity index (χ1n) is 6.35. The van der Waals surface area contributed by atoms with Crippen LogP contribution in [0.3, 0.4) is 0 Å². The number of rotatable bonds is 2. The highest BCUT2D eigenvalue weighted by Gasteiger charge is 2.22. The second kappa shape index (κ2) is 4.97. The molecule has 1 N–H and O–H groups in total. The van der Waals surface area contributed by atoms with Crippen molar-refractivity contribution in [1.82, 2.24) is 15.0 Å². The number of aliphatic hydroxyl groups is 1. The van der Waals surface area contributed by atoms with Crippen molar-refractivity contribution in [3.05, 3.63) is 18.7 Å². The van der Waals surface area contributed by atoms with Crippen LogP contribution in [0, 0.1) is 0 Å². The van der Waals surface area contributed by atoms with E-state index in [0.29, 0.717) is 12.3 Å². The van der Waals surface area contributed by atoms with Gasteiger partial charge in [-0.1, -0.05) is 0 Å². The Morgan fingerprint density at radius 1 is 1.37 bits per heavy atom. The molecule has 1 aliphatic heterocycles. The van der Waals surface area contributed by atoms with Gasteiger partial charge in [-0.15, -0.1) is 0 Å². The van der Waals surface area contributed by atoms with E-state index in [4.69, 9.17) is 4.74 Å². The Labute approximate surface area is 111 Å². The van der Waals surface area contributed by atoms with Gasteiger partial charge in [0.1, 0.15) is 17.9 Å². The molecule has 1 saturated heterocycles. The molecule has 0 aromatic carbocycles. The average molecular weight is 260 g/mol. The van der Waals surface area contributed by atoms with Crippen molar-refractivity contribution in [1.29, 1.82) is 0 Å². The minimum Gasteiger partial charge on any atom is -0.494 e. The number of piperidine rings is 1. The fourth-order valence-corrected chi connectivity index (χ4v) is 2.51. The molecule has 0 unspecified atom stereocenters. The lowest BCUT2D eigenvalue weighted by Gasteiger charge is -2.31. The minimum absolute atomic E-state index is 0.299. The molecule has 1 fully saturated rings. The molecule has 100 valence electrons. The Morgan fingerprint density at radius 2 is 2.26 bits per heavy atom. The second-order valence-corrected chi connectivity index (χ2v) is 4.68. The van der Waals surface area contributed by atoms with E-state index < -0.39 is 0 Å².